The fourth-order valence-electron chi connectivity index (χ4n) is 3.26. The van der Waals surface area contributed by atoms with Crippen LogP contribution < -0.4 is 4.74 Å². The van der Waals surface area contributed by atoms with E-state index in [2.05, 4.69) is 74.5 Å². The Morgan fingerprint density at radius 1 is 0.963 bits per heavy atom. The number of hydrogen-bond donors (Lipinski definition) is 0. The molecule has 3 heteroatoms. The molecule has 1 heterocycles. The molecule has 0 amide bonds. The minimum absolute atomic E-state index is 0.161. The third-order valence-electron chi connectivity index (χ3n) is 4.87. The van der Waals surface area contributed by atoms with Crippen molar-refractivity contribution in [2.45, 2.75) is 40.0 Å². The first kappa shape index (κ1) is 19.0. The van der Waals surface area contributed by atoms with Crippen LogP contribution in [-0.2, 0) is 5.41 Å². The van der Waals surface area contributed by atoms with Crippen molar-refractivity contribution in [2.75, 3.05) is 7.11 Å². The maximum atomic E-state index is 5.27. The topological polar surface area (TPSA) is 26.5 Å². The molecule has 0 fully saturated rings. The van der Waals surface area contributed by atoms with Crippen LogP contribution in [0.15, 0.2) is 59.6 Å². The van der Waals surface area contributed by atoms with Crippen molar-refractivity contribution in [1.82, 2.24) is 4.57 Å². The Kier molecular flexibility index (Phi) is 5.22. The molecular formula is C24H28N2O. The van der Waals surface area contributed by atoms with E-state index in [1.165, 1.54) is 22.6 Å². The molecule has 2 aromatic carbocycles. The number of benzene rings is 2. The number of aromatic nitrogens is 1. The SMILES string of the molecule is COc1cccc(N=Cc2cc(C)n(-c3ccc(C(C)(C)C)cc3)c2C)c1. The van der Waals surface area contributed by atoms with E-state index >= 15 is 0 Å². The van der Waals surface area contributed by atoms with Crippen LogP contribution in [0.4, 0.5) is 5.69 Å². The fraction of sp³-hybridized carbons (Fsp3) is 0.292. The molecule has 0 atom stereocenters. The maximum absolute atomic E-state index is 5.27. The number of ether oxygens (including phenoxy) is 1. The second-order valence-electron chi connectivity index (χ2n) is 7.92. The number of aliphatic imine (C=N–C) groups is 1. The molecule has 3 aromatic rings. The van der Waals surface area contributed by atoms with E-state index in [1.54, 1.807) is 7.11 Å². The molecular weight excluding hydrogens is 332 g/mol. The Morgan fingerprint density at radius 2 is 1.67 bits per heavy atom. The predicted octanol–water partition coefficient (Wildman–Crippen LogP) is 6.15. The average Bonchev–Trinajstić information content (AvgIpc) is 2.93. The first-order valence-electron chi connectivity index (χ1n) is 9.27. The minimum Gasteiger partial charge on any atom is -0.497 e. The third-order valence-corrected chi connectivity index (χ3v) is 4.87. The van der Waals surface area contributed by atoms with Crippen LogP contribution in [0.3, 0.4) is 0 Å². The average molecular weight is 361 g/mol. The molecule has 0 aliphatic carbocycles. The summed E-state index contributed by atoms with van der Waals surface area (Å²) < 4.78 is 7.54. The number of rotatable bonds is 4. The van der Waals surface area contributed by atoms with Crippen LogP contribution in [0.5, 0.6) is 5.75 Å². The lowest BCUT2D eigenvalue weighted by atomic mass is 9.87. The summed E-state index contributed by atoms with van der Waals surface area (Å²) >= 11 is 0. The summed E-state index contributed by atoms with van der Waals surface area (Å²) in [7, 11) is 1.67. The Balaban J connectivity index is 1.91. The highest BCUT2D eigenvalue weighted by Crippen LogP contribution is 2.26. The fourth-order valence-corrected chi connectivity index (χ4v) is 3.26. The Morgan fingerprint density at radius 3 is 2.30 bits per heavy atom. The van der Waals surface area contributed by atoms with Crippen LogP contribution in [0.2, 0.25) is 0 Å². The monoisotopic (exact) mass is 360 g/mol. The standard InChI is InChI=1S/C24H28N2O/c1-17-14-19(16-25-21-8-7-9-23(15-21)27-6)18(2)26(17)22-12-10-20(11-13-22)24(3,4)5/h7-16H,1-6H3. The summed E-state index contributed by atoms with van der Waals surface area (Å²) in [4.78, 5) is 4.62. The van der Waals surface area contributed by atoms with Gasteiger partial charge in [-0.15, -0.1) is 0 Å². The van der Waals surface area contributed by atoms with Crippen molar-refractivity contribution < 1.29 is 4.74 Å². The molecule has 27 heavy (non-hydrogen) atoms. The molecule has 0 saturated heterocycles. The van der Waals surface area contributed by atoms with Crippen molar-refractivity contribution in [3.05, 3.63) is 77.1 Å². The Labute approximate surface area is 162 Å². The van der Waals surface area contributed by atoms with E-state index in [1.807, 2.05) is 30.5 Å². The molecule has 0 spiro atoms. The maximum Gasteiger partial charge on any atom is 0.121 e. The van der Waals surface area contributed by atoms with Gasteiger partial charge >= 0.3 is 0 Å². The molecule has 3 nitrogen and oxygen atoms in total. The second-order valence-corrected chi connectivity index (χ2v) is 7.92. The lowest BCUT2D eigenvalue weighted by molar-refractivity contribution is 0.415. The molecule has 3 rings (SSSR count). The van der Waals surface area contributed by atoms with Crippen LogP contribution in [0, 0.1) is 13.8 Å². The lowest BCUT2D eigenvalue weighted by Gasteiger charge is -2.20. The van der Waals surface area contributed by atoms with E-state index in [4.69, 9.17) is 4.74 Å². The number of nitrogens with zero attached hydrogens (tertiary/aromatic N) is 2. The van der Waals surface area contributed by atoms with Gasteiger partial charge in [0.15, 0.2) is 0 Å². The summed E-state index contributed by atoms with van der Waals surface area (Å²) in [5, 5.41) is 0. The summed E-state index contributed by atoms with van der Waals surface area (Å²) in [5.74, 6) is 0.814. The molecule has 0 N–H and O–H groups in total. The van der Waals surface area contributed by atoms with Gasteiger partial charge in [-0.25, -0.2) is 0 Å². The van der Waals surface area contributed by atoms with Crippen molar-refractivity contribution in [1.29, 1.82) is 0 Å². The van der Waals surface area contributed by atoms with Gasteiger partial charge in [-0.3, -0.25) is 4.99 Å². The van der Waals surface area contributed by atoms with E-state index in [0.717, 1.165) is 17.0 Å². The van der Waals surface area contributed by atoms with Gasteiger partial charge in [-0.05, 0) is 55.2 Å². The van der Waals surface area contributed by atoms with Gasteiger partial charge in [-0.1, -0.05) is 39.0 Å². The van der Waals surface area contributed by atoms with Crippen molar-refractivity contribution in [3.63, 3.8) is 0 Å². The highest BCUT2D eigenvalue weighted by Gasteiger charge is 2.14. The van der Waals surface area contributed by atoms with Crippen LogP contribution >= 0.6 is 0 Å². The quantitative estimate of drug-likeness (QED) is 0.512. The summed E-state index contributed by atoms with van der Waals surface area (Å²) in [6.45, 7) is 11.0. The number of aryl methyl sites for hydroxylation is 1. The zero-order chi connectivity index (χ0) is 19.6. The van der Waals surface area contributed by atoms with E-state index < -0.39 is 0 Å². The molecule has 0 unspecified atom stereocenters. The van der Waals surface area contributed by atoms with Gasteiger partial charge in [-0.2, -0.15) is 0 Å². The van der Waals surface area contributed by atoms with E-state index in [9.17, 15) is 0 Å². The normalized spacial score (nSPS) is 11.9. The second kappa shape index (κ2) is 7.43. The van der Waals surface area contributed by atoms with Crippen molar-refractivity contribution >= 4 is 11.9 Å². The van der Waals surface area contributed by atoms with Crippen LogP contribution in [-0.4, -0.2) is 17.9 Å². The van der Waals surface area contributed by atoms with E-state index in [-0.39, 0.29) is 5.41 Å². The number of hydrogen-bond acceptors (Lipinski definition) is 2. The van der Waals surface area contributed by atoms with Gasteiger partial charge in [0.05, 0.1) is 12.8 Å². The van der Waals surface area contributed by atoms with Gasteiger partial charge in [0.25, 0.3) is 0 Å². The molecule has 0 bridgehead atoms. The number of methoxy groups -OCH3 is 1. The summed E-state index contributed by atoms with van der Waals surface area (Å²) in [6.07, 6.45) is 1.93. The molecule has 0 radical (unpaired) electrons. The molecule has 0 saturated carbocycles. The third kappa shape index (κ3) is 4.13. The van der Waals surface area contributed by atoms with Gasteiger partial charge in [0, 0.05) is 34.9 Å². The smallest absolute Gasteiger partial charge is 0.121 e. The first-order chi connectivity index (χ1) is 12.8. The molecule has 0 aliphatic rings. The summed E-state index contributed by atoms with van der Waals surface area (Å²) in [6, 6.07) is 18.8. The molecule has 1 aromatic heterocycles. The van der Waals surface area contributed by atoms with Gasteiger partial charge in [0.1, 0.15) is 5.75 Å². The van der Waals surface area contributed by atoms with Gasteiger partial charge < -0.3 is 9.30 Å². The highest BCUT2D eigenvalue weighted by molar-refractivity contribution is 5.84. The van der Waals surface area contributed by atoms with Gasteiger partial charge in [0.2, 0.25) is 0 Å². The predicted molar refractivity (Wildman–Crippen MR) is 114 cm³/mol. The largest absolute Gasteiger partial charge is 0.497 e. The first-order valence-corrected chi connectivity index (χ1v) is 9.27. The Hall–Kier alpha value is -2.81. The molecule has 140 valence electrons. The zero-order valence-electron chi connectivity index (χ0n) is 17.1. The van der Waals surface area contributed by atoms with Crippen LogP contribution in [0.25, 0.3) is 5.69 Å². The lowest BCUT2D eigenvalue weighted by Crippen LogP contribution is -2.11. The highest BCUT2D eigenvalue weighted by atomic mass is 16.5. The van der Waals surface area contributed by atoms with E-state index in [0.29, 0.717) is 0 Å². The summed E-state index contributed by atoms with van der Waals surface area (Å²) in [5.41, 5.74) is 7.07. The van der Waals surface area contributed by atoms with Crippen LogP contribution in [0.1, 0.15) is 43.3 Å². The zero-order valence-corrected chi connectivity index (χ0v) is 17.1. The van der Waals surface area contributed by atoms with Crippen molar-refractivity contribution in [3.8, 4) is 11.4 Å². The van der Waals surface area contributed by atoms with Crippen molar-refractivity contribution in [2.24, 2.45) is 4.99 Å². The molecule has 0 aliphatic heterocycles. The Bertz CT molecular complexity index is 957. The minimum atomic E-state index is 0.161.